The fraction of sp³-hybridized carbons (Fsp3) is 0.478. The van der Waals surface area contributed by atoms with E-state index in [1.165, 1.54) is 16.8 Å². The van der Waals surface area contributed by atoms with Gasteiger partial charge in [-0.1, -0.05) is 18.2 Å². The molecule has 30 heavy (non-hydrogen) atoms. The molecule has 0 spiro atoms. The maximum atomic E-state index is 12.2. The summed E-state index contributed by atoms with van der Waals surface area (Å²) in [5.41, 5.74) is 6.72. The van der Waals surface area contributed by atoms with Crippen LogP contribution < -0.4 is 9.62 Å². The van der Waals surface area contributed by atoms with Crippen molar-refractivity contribution in [2.24, 2.45) is 0 Å². The quantitative estimate of drug-likeness (QED) is 0.789. The van der Waals surface area contributed by atoms with Gasteiger partial charge in [0.05, 0.1) is 31.7 Å². The average Bonchev–Trinajstić information content (AvgIpc) is 3.60. The van der Waals surface area contributed by atoms with Crippen molar-refractivity contribution in [1.82, 2.24) is 0 Å². The normalized spacial score (nSPS) is 21.9. The van der Waals surface area contributed by atoms with Crippen LogP contribution in [0.15, 0.2) is 36.4 Å². The number of nitrogens with one attached hydrogen (secondary N) is 1. The van der Waals surface area contributed by atoms with Crippen LogP contribution in [0, 0.1) is 0 Å². The van der Waals surface area contributed by atoms with Gasteiger partial charge in [-0.25, -0.2) is 8.42 Å². The van der Waals surface area contributed by atoms with Crippen LogP contribution in [0.4, 0.5) is 11.4 Å². The number of fused-ring (bicyclic) bond motifs is 1. The highest BCUT2D eigenvalue weighted by Crippen LogP contribution is 2.36. The van der Waals surface area contributed by atoms with E-state index in [1.807, 2.05) is 24.3 Å². The van der Waals surface area contributed by atoms with Gasteiger partial charge in [-0.15, -0.1) is 0 Å². The lowest BCUT2D eigenvalue weighted by atomic mass is 9.93. The Balaban J connectivity index is 1.47. The molecule has 0 bridgehead atoms. The van der Waals surface area contributed by atoms with Crippen LogP contribution in [0.25, 0.3) is 11.1 Å². The van der Waals surface area contributed by atoms with Crippen LogP contribution in [0.3, 0.4) is 0 Å². The van der Waals surface area contributed by atoms with Crippen molar-refractivity contribution < 1.29 is 17.9 Å². The lowest BCUT2D eigenvalue weighted by Crippen LogP contribution is -2.44. The molecular weight excluding hydrogens is 400 g/mol. The van der Waals surface area contributed by atoms with Crippen LogP contribution in [0.5, 0.6) is 0 Å². The number of sulfonamides is 1. The highest BCUT2D eigenvalue weighted by atomic mass is 32.2. The van der Waals surface area contributed by atoms with E-state index in [-0.39, 0.29) is 5.25 Å². The summed E-state index contributed by atoms with van der Waals surface area (Å²) in [6.07, 6.45) is 2.43. The molecule has 2 aromatic carbocycles. The van der Waals surface area contributed by atoms with E-state index < -0.39 is 10.0 Å². The number of anilines is 2. The van der Waals surface area contributed by atoms with Crippen molar-refractivity contribution in [3.05, 3.63) is 47.5 Å². The minimum absolute atomic E-state index is 0.224. The predicted molar refractivity (Wildman–Crippen MR) is 118 cm³/mol. The number of benzene rings is 2. The summed E-state index contributed by atoms with van der Waals surface area (Å²) >= 11 is 0. The van der Waals surface area contributed by atoms with Crippen LogP contribution in [-0.4, -0.2) is 46.1 Å². The molecule has 2 aromatic rings. The van der Waals surface area contributed by atoms with Gasteiger partial charge >= 0.3 is 0 Å². The summed E-state index contributed by atoms with van der Waals surface area (Å²) in [6, 6.07) is 12.5. The number of hydrogen-bond donors (Lipinski definition) is 1. The number of ether oxygens (including phenoxy) is 2. The van der Waals surface area contributed by atoms with Crippen LogP contribution >= 0.6 is 0 Å². The molecule has 0 unspecified atom stereocenters. The summed E-state index contributed by atoms with van der Waals surface area (Å²) < 4.78 is 38.5. The third-order valence-electron chi connectivity index (χ3n) is 6.20. The predicted octanol–water partition coefficient (Wildman–Crippen LogP) is 3.56. The smallest absolute Gasteiger partial charge is 0.235 e. The fourth-order valence-electron chi connectivity index (χ4n) is 4.33. The average molecular weight is 429 g/mol. The summed E-state index contributed by atoms with van der Waals surface area (Å²) in [4.78, 5) is 2.43. The molecule has 1 atom stereocenters. The van der Waals surface area contributed by atoms with Crippen LogP contribution in [0.2, 0.25) is 0 Å². The minimum Gasteiger partial charge on any atom is -0.377 e. The van der Waals surface area contributed by atoms with Gasteiger partial charge in [-0.3, -0.25) is 4.72 Å². The molecule has 2 heterocycles. The Kier molecular flexibility index (Phi) is 5.21. The largest absolute Gasteiger partial charge is 0.377 e. The first-order valence-corrected chi connectivity index (χ1v) is 12.3. The first-order valence-electron chi connectivity index (χ1n) is 10.7. The topological polar surface area (TPSA) is 67.9 Å². The van der Waals surface area contributed by atoms with Gasteiger partial charge in [-0.05, 0) is 61.1 Å². The van der Waals surface area contributed by atoms with Gasteiger partial charge in [0.1, 0.15) is 0 Å². The third kappa shape index (κ3) is 3.94. The zero-order valence-electron chi connectivity index (χ0n) is 17.3. The molecule has 160 valence electrons. The molecule has 1 saturated heterocycles. The van der Waals surface area contributed by atoms with E-state index in [0.717, 1.165) is 56.8 Å². The fourth-order valence-corrected chi connectivity index (χ4v) is 5.71. The molecule has 5 rings (SSSR count). The Morgan fingerprint density at radius 2 is 1.83 bits per heavy atom. The molecule has 3 aliphatic rings. The number of nitrogens with zero attached hydrogens (tertiary/aromatic N) is 1. The van der Waals surface area contributed by atoms with Crippen molar-refractivity contribution in [2.75, 3.05) is 36.0 Å². The summed E-state index contributed by atoms with van der Waals surface area (Å²) in [7, 11) is -3.24. The van der Waals surface area contributed by atoms with E-state index >= 15 is 0 Å². The second-order valence-corrected chi connectivity index (χ2v) is 10.4. The number of morpholine rings is 1. The van der Waals surface area contributed by atoms with Crippen molar-refractivity contribution in [3.63, 3.8) is 0 Å². The van der Waals surface area contributed by atoms with Crippen molar-refractivity contribution in [2.45, 2.75) is 44.1 Å². The molecular formula is C23H28N2O4S. The lowest BCUT2D eigenvalue weighted by molar-refractivity contribution is 0.0963. The second kappa shape index (κ2) is 7.87. The van der Waals surface area contributed by atoms with Crippen LogP contribution in [-0.2, 0) is 32.5 Å². The number of hydrogen-bond acceptors (Lipinski definition) is 5. The molecule has 6 nitrogen and oxygen atoms in total. The molecule has 1 saturated carbocycles. The summed E-state index contributed by atoms with van der Waals surface area (Å²) in [6.45, 7) is 5.94. The molecule has 0 radical (unpaired) electrons. The maximum Gasteiger partial charge on any atom is 0.235 e. The van der Waals surface area contributed by atoms with Gasteiger partial charge in [0, 0.05) is 29.5 Å². The minimum atomic E-state index is -3.24. The Hall–Kier alpha value is -2.09. The first kappa shape index (κ1) is 19.8. The lowest BCUT2D eigenvalue weighted by Gasteiger charge is -2.38. The van der Waals surface area contributed by atoms with E-state index in [0.29, 0.717) is 18.3 Å². The first-order chi connectivity index (χ1) is 14.5. The van der Waals surface area contributed by atoms with Gasteiger partial charge in [0.25, 0.3) is 0 Å². The van der Waals surface area contributed by atoms with Gasteiger partial charge in [-0.2, -0.15) is 0 Å². The Morgan fingerprint density at radius 3 is 2.57 bits per heavy atom. The Morgan fingerprint density at radius 1 is 1.03 bits per heavy atom. The Bertz CT molecular complexity index is 1030. The van der Waals surface area contributed by atoms with Gasteiger partial charge < -0.3 is 14.4 Å². The molecule has 2 aliphatic heterocycles. The Labute approximate surface area is 178 Å². The molecule has 0 amide bonds. The summed E-state index contributed by atoms with van der Waals surface area (Å²) in [5.74, 6) is 0. The van der Waals surface area contributed by atoms with E-state index in [2.05, 4.69) is 28.7 Å². The second-order valence-electron chi connectivity index (χ2n) is 8.48. The van der Waals surface area contributed by atoms with Crippen LogP contribution in [0.1, 0.15) is 30.9 Å². The van der Waals surface area contributed by atoms with Crippen molar-refractivity contribution in [3.8, 4) is 11.1 Å². The zero-order valence-corrected chi connectivity index (χ0v) is 18.1. The van der Waals surface area contributed by atoms with Crippen molar-refractivity contribution >= 4 is 21.4 Å². The standard InChI is InChI=1S/C23H28N2O4S/c1-16-14-29-11-9-25(16)23-13-19(12-18-8-10-28-15-22(18)23)17-2-4-20(5-3-17)24-30(26,27)21-6-7-21/h2-5,12-13,16,21,24H,6-11,14-15H2,1H3/t16-/m0/s1. The van der Waals surface area contributed by atoms with E-state index in [4.69, 9.17) is 9.47 Å². The third-order valence-corrected chi connectivity index (χ3v) is 8.07. The molecule has 0 aromatic heterocycles. The molecule has 7 heteroatoms. The number of rotatable bonds is 5. The van der Waals surface area contributed by atoms with E-state index in [9.17, 15) is 8.42 Å². The molecule has 1 N–H and O–H groups in total. The van der Waals surface area contributed by atoms with Gasteiger partial charge in [0.15, 0.2) is 0 Å². The highest BCUT2D eigenvalue weighted by molar-refractivity contribution is 7.93. The van der Waals surface area contributed by atoms with Gasteiger partial charge in [0.2, 0.25) is 10.0 Å². The SMILES string of the molecule is C[C@H]1COCCN1c1cc(-c2ccc(NS(=O)(=O)C3CC3)cc2)cc2c1COCC2. The molecule has 1 aliphatic carbocycles. The zero-order chi connectivity index (χ0) is 20.7. The monoisotopic (exact) mass is 428 g/mol. The van der Waals surface area contributed by atoms with Crippen molar-refractivity contribution in [1.29, 1.82) is 0 Å². The molecule has 2 fully saturated rings. The van der Waals surface area contributed by atoms with E-state index in [1.54, 1.807) is 0 Å². The summed E-state index contributed by atoms with van der Waals surface area (Å²) in [5, 5.41) is -0.224. The maximum absolute atomic E-state index is 12.2. The highest BCUT2D eigenvalue weighted by Gasteiger charge is 2.35.